The normalized spacial score (nSPS) is 10.2. The number of aryl methyl sites for hydroxylation is 1. The highest BCUT2D eigenvalue weighted by atomic mass is 35.5. The molecule has 0 atom stereocenters. The first kappa shape index (κ1) is 19.4. The molecule has 6 nitrogen and oxygen atoms in total. The number of aromatic nitrogens is 1. The molecule has 7 heteroatoms. The van der Waals surface area contributed by atoms with Crippen molar-refractivity contribution in [2.75, 3.05) is 16.0 Å². The summed E-state index contributed by atoms with van der Waals surface area (Å²) >= 11 is 6.15. The van der Waals surface area contributed by atoms with Crippen molar-refractivity contribution < 1.29 is 9.59 Å². The van der Waals surface area contributed by atoms with E-state index in [1.54, 1.807) is 42.6 Å². The first-order valence-corrected chi connectivity index (χ1v) is 8.97. The highest BCUT2D eigenvalue weighted by molar-refractivity contribution is 6.31. The molecular formula is C21H19ClN4O2. The molecule has 3 aromatic rings. The summed E-state index contributed by atoms with van der Waals surface area (Å²) in [5, 5.41) is 9.34. The van der Waals surface area contributed by atoms with Crippen LogP contribution in [0.5, 0.6) is 0 Å². The zero-order valence-electron chi connectivity index (χ0n) is 15.4. The molecule has 0 radical (unpaired) electrons. The number of pyridine rings is 1. The zero-order valence-corrected chi connectivity index (χ0v) is 16.2. The van der Waals surface area contributed by atoms with Crippen molar-refractivity contribution in [3.63, 3.8) is 0 Å². The molecule has 0 saturated carbocycles. The SMILES string of the molecule is CC(=O)Nc1ccc(NC(=O)c2cc(Nc3ccc(C)c(Cl)c3)ccn2)cc1. The molecule has 3 N–H and O–H groups in total. The van der Waals surface area contributed by atoms with Crippen LogP contribution in [0, 0.1) is 6.92 Å². The fourth-order valence-electron chi connectivity index (χ4n) is 2.51. The Balaban J connectivity index is 1.69. The molecule has 0 aliphatic heterocycles. The standard InChI is InChI=1S/C21H19ClN4O2/c1-13-3-4-17(11-19(13)22)25-18-9-10-23-20(12-18)21(28)26-16-7-5-15(6-8-16)24-14(2)27/h3-12H,1-2H3,(H,23,25)(H,24,27)(H,26,28). The average molecular weight is 395 g/mol. The number of carbonyl (C=O) groups is 2. The molecule has 28 heavy (non-hydrogen) atoms. The Bertz CT molecular complexity index is 1020. The highest BCUT2D eigenvalue weighted by Crippen LogP contribution is 2.23. The maximum absolute atomic E-state index is 12.5. The molecule has 1 aromatic heterocycles. The van der Waals surface area contributed by atoms with Crippen LogP contribution >= 0.6 is 11.6 Å². The van der Waals surface area contributed by atoms with Gasteiger partial charge in [0, 0.05) is 40.9 Å². The molecule has 2 amide bonds. The number of carbonyl (C=O) groups excluding carboxylic acids is 2. The van der Waals surface area contributed by atoms with Crippen LogP contribution in [0.2, 0.25) is 5.02 Å². The minimum Gasteiger partial charge on any atom is -0.355 e. The third-order valence-electron chi connectivity index (χ3n) is 3.92. The second kappa shape index (κ2) is 8.54. The van der Waals surface area contributed by atoms with E-state index in [-0.39, 0.29) is 17.5 Å². The molecule has 0 saturated heterocycles. The number of rotatable bonds is 5. The Hall–Kier alpha value is -3.38. The number of anilines is 4. The van der Waals surface area contributed by atoms with Gasteiger partial charge in [-0.15, -0.1) is 0 Å². The molecule has 0 fully saturated rings. The van der Waals surface area contributed by atoms with Crippen LogP contribution in [-0.2, 0) is 4.79 Å². The summed E-state index contributed by atoms with van der Waals surface area (Å²) in [6.07, 6.45) is 1.56. The van der Waals surface area contributed by atoms with E-state index < -0.39 is 0 Å². The smallest absolute Gasteiger partial charge is 0.274 e. The monoisotopic (exact) mass is 394 g/mol. The average Bonchev–Trinajstić information content (AvgIpc) is 2.66. The Kier molecular flexibility index (Phi) is 5.91. The predicted molar refractivity (Wildman–Crippen MR) is 112 cm³/mol. The minimum atomic E-state index is -0.335. The number of hydrogen-bond acceptors (Lipinski definition) is 4. The lowest BCUT2D eigenvalue weighted by molar-refractivity contribution is -0.114. The van der Waals surface area contributed by atoms with Crippen LogP contribution < -0.4 is 16.0 Å². The van der Waals surface area contributed by atoms with Gasteiger partial charge in [0.25, 0.3) is 5.91 Å². The number of amides is 2. The molecular weight excluding hydrogens is 376 g/mol. The molecule has 3 rings (SSSR count). The summed E-state index contributed by atoms with van der Waals surface area (Å²) in [7, 11) is 0. The Morgan fingerprint density at radius 3 is 2.11 bits per heavy atom. The van der Waals surface area contributed by atoms with Crippen LogP contribution in [0.3, 0.4) is 0 Å². The van der Waals surface area contributed by atoms with E-state index in [9.17, 15) is 9.59 Å². The van der Waals surface area contributed by atoms with E-state index in [4.69, 9.17) is 11.6 Å². The number of halogens is 1. The summed E-state index contributed by atoms with van der Waals surface area (Å²) in [4.78, 5) is 27.7. The van der Waals surface area contributed by atoms with Gasteiger partial charge in [0.2, 0.25) is 5.91 Å². The van der Waals surface area contributed by atoms with Gasteiger partial charge in [-0.1, -0.05) is 17.7 Å². The van der Waals surface area contributed by atoms with Crippen molar-refractivity contribution in [3.05, 3.63) is 77.1 Å². The summed E-state index contributed by atoms with van der Waals surface area (Å²) in [6, 6.07) is 15.9. The summed E-state index contributed by atoms with van der Waals surface area (Å²) in [6.45, 7) is 3.37. The van der Waals surface area contributed by atoms with Crippen LogP contribution in [0.1, 0.15) is 23.0 Å². The summed E-state index contributed by atoms with van der Waals surface area (Å²) < 4.78 is 0. The van der Waals surface area contributed by atoms with Crippen LogP contribution in [0.4, 0.5) is 22.7 Å². The zero-order chi connectivity index (χ0) is 20.1. The first-order chi connectivity index (χ1) is 13.4. The Labute approximate surface area is 168 Å². The third-order valence-corrected chi connectivity index (χ3v) is 4.32. The van der Waals surface area contributed by atoms with Crippen molar-refractivity contribution in [2.45, 2.75) is 13.8 Å². The van der Waals surface area contributed by atoms with Crippen molar-refractivity contribution in [2.24, 2.45) is 0 Å². The van der Waals surface area contributed by atoms with E-state index in [1.807, 2.05) is 25.1 Å². The molecule has 1 heterocycles. The molecule has 0 spiro atoms. The van der Waals surface area contributed by atoms with Crippen molar-refractivity contribution in [1.82, 2.24) is 4.98 Å². The largest absolute Gasteiger partial charge is 0.355 e. The quantitative estimate of drug-likeness (QED) is 0.568. The molecule has 0 aliphatic rings. The fourth-order valence-corrected chi connectivity index (χ4v) is 2.69. The molecule has 142 valence electrons. The summed E-state index contributed by atoms with van der Waals surface area (Å²) in [5.41, 5.74) is 4.07. The Morgan fingerprint density at radius 2 is 1.46 bits per heavy atom. The van der Waals surface area contributed by atoms with E-state index in [2.05, 4.69) is 20.9 Å². The van der Waals surface area contributed by atoms with Gasteiger partial charge >= 0.3 is 0 Å². The van der Waals surface area contributed by atoms with Gasteiger partial charge in [-0.05, 0) is 61.0 Å². The second-order valence-corrected chi connectivity index (χ2v) is 6.64. The lowest BCUT2D eigenvalue weighted by Gasteiger charge is -2.10. The van der Waals surface area contributed by atoms with Gasteiger partial charge in [0.15, 0.2) is 0 Å². The molecule has 0 unspecified atom stereocenters. The van der Waals surface area contributed by atoms with Crippen molar-refractivity contribution in [1.29, 1.82) is 0 Å². The lowest BCUT2D eigenvalue weighted by atomic mass is 10.2. The number of nitrogens with one attached hydrogen (secondary N) is 3. The van der Waals surface area contributed by atoms with Gasteiger partial charge in [0.05, 0.1) is 0 Å². The molecule has 0 bridgehead atoms. The van der Waals surface area contributed by atoms with Crippen molar-refractivity contribution in [3.8, 4) is 0 Å². The number of hydrogen-bond donors (Lipinski definition) is 3. The number of nitrogens with zero attached hydrogens (tertiary/aromatic N) is 1. The second-order valence-electron chi connectivity index (χ2n) is 6.23. The lowest BCUT2D eigenvalue weighted by Crippen LogP contribution is -2.14. The number of benzene rings is 2. The van der Waals surface area contributed by atoms with Crippen LogP contribution in [0.15, 0.2) is 60.8 Å². The fraction of sp³-hybridized carbons (Fsp3) is 0.0952. The predicted octanol–water partition coefficient (Wildman–Crippen LogP) is 5.00. The van der Waals surface area contributed by atoms with Crippen LogP contribution in [0.25, 0.3) is 0 Å². The van der Waals surface area contributed by atoms with Gasteiger partial charge in [0.1, 0.15) is 5.69 Å². The molecule has 0 aliphatic carbocycles. The van der Waals surface area contributed by atoms with Crippen LogP contribution in [-0.4, -0.2) is 16.8 Å². The summed E-state index contributed by atoms with van der Waals surface area (Å²) in [5.74, 6) is -0.488. The highest BCUT2D eigenvalue weighted by Gasteiger charge is 2.09. The molecule has 2 aromatic carbocycles. The van der Waals surface area contributed by atoms with Gasteiger partial charge < -0.3 is 16.0 Å². The van der Waals surface area contributed by atoms with Gasteiger partial charge in [-0.2, -0.15) is 0 Å². The maximum atomic E-state index is 12.5. The minimum absolute atomic E-state index is 0.153. The maximum Gasteiger partial charge on any atom is 0.274 e. The van der Waals surface area contributed by atoms with Crippen molar-refractivity contribution >= 4 is 46.2 Å². The first-order valence-electron chi connectivity index (χ1n) is 8.59. The third kappa shape index (κ3) is 5.08. The Morgan fingerprint density at radius 1 is 0.857 bits per heavy atom. The van der Waals surface area contributed by atoms with E-state index >= 15 is 0 Å². The van der Waals surface area contributed by atoms with E-state index in [0.29, 0.717) is 16.4 Å². The van der Waals surface area contributed by atoms with Gasteiger partial charge in [-0.25, -0.2) is 0 Å². The topological polar surface area (TPSA) is 83.1 Å². The van der Waals surface area contributed by atoms with E-state index in [0.717, 1.165) is 16.9 Å². The van der Waals surface area contributed by atoms with Gasteiger partial charge in [-0.3, -0.25) is 14.6 Å². The van der Waals surface area contributed by atoms with E-state index in [1.165, 1.54) is 6.92 Å².